The zero-order valence-corrected chi connectivity index (χ0v) is 17.7. The van der Waals surface area contributed by atoms with E-state index in [0.717, 1.165) is 41.4 Å². The number of hydrogen-bond donors (Lipinski definition) is 2. The molecule has 1 fully saturated rings. The van der Waals surface area contributed by atoms with Crippen LogP contribution in [-0.4, -0.2) is 52.8 Å². The quantitative estimate of drug-likeness (QED) is 0.425. The van der Waals surface area contributed by atoms with Gasteiger partial charge in [0.15, 0.2) is 0 Å². The molecule has 2 N–H and O–H groups in total. The molecule has 1 aromatic carbocycles. The molecule has 1 aromatic heterocycles. The van der Waals surface area contributed by atoms with E-state index in [1.165, 1.54) is 25.3 Å². The molecule has 3 heterocycles. The van der Waals surface area contributed by atoms with Gasteiger partial charge in [0, 0.05) is 36.2 Å². The molecule has 4 rings (SSSR count). The molecule has 0 spiro atoms. The summed E-state index contributed by atoms with van der Waals surface area (Å²) in [5.74, 6) is 1.15. The van der Waals surface area contributed by atoms with Gasteiger partial charge in [0.05, 0.1) is 17.3 Å². The number of oxime groups is 1. The number of anilines is 1. The summed E-state index contributed by atoms with van der Waals surface area (Å²) >= 11 is 5.89. The van der Waals surface area contributed by atoms with Gasteiger partial charge in [-0.3, -0.25) is 4.99 Å². The first kappa shape index (κ1) is 20.8. The Hall–Kier alpha value is -2.51. The van der Waals surface area contributed by atoms with Gasteiger partial charge in [0.1, 0.15) is 17.5 Å². The molecular formula is C22H25ClFN5O. The Morgan fingerprint density at radius 3 is 3.00 bits per heavy atom. The van der Waals surface area contributed by atoms with E-state index in [1.54, 1.807) is 18.3 Å². The van der Waals surface area contributed by atoms with E-state index in [-0.39, 0.29) is 5.02 Å². The molecule has 8 heteroatoms. The number of likely N-dealkylation sites (tertiary alicyclic amines) is 1. The molecule has 0 saturated carbocycles. The average Bonchev–Trinajstić information content (AvgIpc) is 3.17. The van der Waals surface area contributed by atoms with Crippen LogP contribution < -0.4 is 5.32 Å². The van der Waals surface area contributed by atoms with Gasteiger partial charge in [-0.15, -0.1) is 0 Å². The highest BCUT2D eigenvalue weighted by Crippen LogP contribution is 2.27. The van der Waals surface area contributed by atoms with Gasteiger partial charge < -0.3 is 15.4 Å². The lowest BCUT2D eigenvalue weighted by Gasteiger charge is -2.31. The third-order valence-electron chi connectivity index (χ3n) is 5.86. The molecule has 0 amide bonds. The summed E-state index contributed by atoms with van der Waals surface area (Å²) in [6, 6.07) is 6.81. The zero-order chi connectivity index (χ0) is 21.1. The third kappa shape index (κ3) is 4.47. The van der Waals surface area contributed by atoms with E-state index in [2.05, 4.69) is 27.4 Å². The molecule has 1 saturated heterocycles. The van der Waals surface area contributed by atoms with Crippen molar-refractivity contribution < 1.29 is 9.60 Å². The summed E-state index contributed by atoms with van der Waals surface area (Å²) in [6.07, 6.45) is 6.30. The normalized spacial score (nSPS) is 21.0. The Morgan fingerprint density at radius 2 is 2.23 bits per heavy atom. The van der Waals surface area contributed by atoms with Gasteiger partial charge in [0.2, 0.25) is 0 Å². The molecule has 6 nitrogen and oxygen atoms in total. The highest BCUT2D eigenvalue weighted by atomic mass is 35.5. The number of halogens is 2. The van der Waals surface area contributed by atoms with Crippen LogP contribution >= 0.6 is 11.6 Å². The minimum Gasteiger partial charge on any atom is -0.411 e. The van der Waals surface area contributed by atoms with Crippen molar-refractivity contribution in [1.29, 1.82) is 0 Å². The number of amidine groups is 1. The molecule has 2 aliphatic rings. The Kier molecular flexibility index (Phi) is 6.29. The van der Waals surface area contributed by atoms with Crippen LogP contribution in [0.3, 0.4) is 0 Å². The second kappa shape index (κ2) is 9.10. The van der Waals surface area contributed by atoms with Crippen molar-refractivity contribution in [2.45, 2.75) is 38.1 Å². The smallest absolute Gasteiger partial charge is 0.141 e. The monoisotopic (exact) mass is 429 g/mol. The minimum atomic E-state index is -0.471. The zero-order valence-electron chi connectivity index (χ0n) is 16.9. The van der Waals surface area contributed by atoms with Crippen molar-refractivity contribution in [2.24, 2.45) is 10.1 Å². The molecule has 0 radical (unpaired) electrons. The van der Waals surface area contributed by atoms with Crippen LogP contribution in [0.1, 0.15) is 36.0 Å². The number of hydrogen-bond acceptors (Lipinski definition) is 5. The Morgan fingerprint density at radius 1 is 1.37 bits per heavy atom. The predicted molar refractivity (Wildman–Crippen MR) is 118 cm³/mol. The van der Waals surface area contributed by atoms with Crippen molar-refractivity contribution >= 4 is 29.0 Å². The van der Waals surface area contributed by atoms with Crippen molar-refractivity contribution in [2.75, 3.05) is 25.5 Å². The van der Waals surface area contributed by atoms with Crippen LogP contribution in [0.5, 0.6) is 0 Å². The summed E-state index contributed by atoms with van der Waals surface area (Å²) in [4.78, 5) is 11.6. The maximum absolute atomic E-state index is 13.5. The molecule has 1 atom stereocenters. The number of benzene rings is 1. The van der Waals surface area contributed by atoms with E-state index in [9.17, 15) is 9.60 Å². The molecule has 0 bridgehead atoms. The number of rotatable bonds is 5. The first-order valence-electron chi connectivity index (χ1n) is 10.2. The van der Waals surface area contributed by atoms with Crippen molar-refractivity contribution in [3.63, 3.8) is 0 Å². The summed E-state index contributed by atoms with van der Waals surface area (Å²) in [5.41, 5.74) is 3.00. The molecule has 2 aromatic rings. The van der Waals surface area contributed by atoms with Crippen molar-refractivity contribution in [3.05, 3.63) is 58.0 Å². The van der Waals surface area contributed by atoms with Crippen molar-refractivity contribution in [1.82, 2.24) is 9.88 Å². The van der Waals surface area contributed by atoms with E-state index in [4.69, 9.17) is 16.6 Å². The number of aromatic nitrogens is 1. The molecule has 158 valence electrons. The third-order valence-corrected chi connectivity index (χ3v) is 6.15. The fourth-order valence-electron chi connectivity index (χ4n) is 4.11. The predicted octanol–water partition coefficient (Wildman–Crippen LogP) is 4.15. The fourth-order valence-corrected chi connectivity index (χ4v) is 4.31. The van der Waals surface area contributed by atoms with Gasteiger partial charge in [-0.05, 0) is 50.2 Å². The topological polar surface area (TPSA) is 73.1 Å². The molecule has 2 aliphatic heterocycles. The summed E-state index contributed by atoms with van der Waals surface area (Å²) in [6.45, 7) is 1.88. The lowest BCUT2D eigenvalue weighted by atomic mass is 9.98. The average molecular weight is 430 g/mol. The van der Waals surface area contributed by atoms with Gasteiger partial charge >= 0.3 is 0 Å². The number of nitrogens with one attached hydrogen (secondary N) is 1. The number of aliphatic imine (C=N–C) groups is 1. The fraction of sp³-hybridized carbons (Fsp3) is 0.409. The van der Waals surface area contributed by atoms with Crippen LogP contribution in [-0.2, 0) is 12.8 Å². The lowest BCUT2D eigenvalue weighted by molar-refractivity contribution is 0.191. The van der Waals surface area contributed by atoms with E-state index in [0.29, 0.717) is 24.6 Å². The van der Waals surface area contributed by atoms with E-state index >= 15 is 0 Å². The minimum absolute atomic E-state index is 0.0495. The number of likely N-dealkylation sites (N-methyl/N-ethyl adjacent to an activating group) is 1. The number of nitrogens with zero attached hydrogens (tertiary/aromatic N) is 4. The number of piperidine rings is 1. The summed E-state index contributed by atoms with van der Waals surface area (Å²) in [7, 11) is 2.16. The number of pyridine rings is 1. The lowest BCUT2D eigenvalue weighted by Crippen LogP contribution is -2.38. The largest absolute Gasteiger partial charge is 0.411 e. The summed E-state index contributed by atoms with van der Waals surface area (Å²) < 4.78 is 13.5. The maximum Gasteiger partial charge on any atom is 0.141 e. The highest BCUT2D eigenvalue weighted by Gasteiger charge is 2.24. The summed E-state index contributed by atoms with van der Waals surface area (Å²) in [5, 5.41) is 16.5. The van der Waals surface area contributed by atoms with Crippen LogP contribution in [0.2, 0.25) is 5.02 Å². The van der Waals surface area contributed by atoms with Gasteiger partial charge in [-0.2, -0.15) is 0 Å². The Labute approximate surface area is 180 Å². The van der Waals surface area contributed by atoms with Crippen LogP contribution in [0.4, 0.5) is 10.2 Å². The molecule has 30 heavy (non-hydrogen) atoms. The van der Waals surface area contributed by atoms with Gasteiger partial charge in [-0.25, -0.2) is 9.37 Å². The van der Waals surface area contributed by atoms with Crippen LogP contribution in [0.25, 0.3) is 0 Å². The Balaban J connectivity index is 1.51. The van der Waals surface area contributed by atoms with Crippen LogP contribution in [0, 0.1) is 5.82 Å². The van der Waals surface area contributed by atoms with E-state index in [1.807, 2.05) is 6.07 Å². The van der Waals surface area contributed by atoms with Gasteiger partial charge in [-0.1, -0.05) is 29.2 Å². The maximum atomic E-state index is 13.5. The van der Waals surface area contributed by atoms with Crippen molar-refractivity contribution in [3.8, 4) is 0 Å². The molecular weight excluding hydrogens is 405 g/mol. The second-order valence-corrected chi connectivity index (χ2v) is 8.28. The molecule has 0 aliphatic carbocycles. The Bertz CT molecular complexity index is 993. The second-order valence-electron chi connectivity index (χ2n) is 7.88. The van der Waals surface area contributed by atoms with Crippen LogP contribution in [0.15, 0.2) is 40.6 Å². The number of fused-ring (bicyclic) bond motifs is 1. The SMILES string of the molecule is CN1CCCCC1CN=C1Cc2c(/C(Cc3ccc(F)c(Cl)c3)=N/O)ccnc2N1. The first-order chi connectivity index (χ1) is 14.5. The van der Waals surface area contributed by atoms with Gasteiger partial charge in [0.25, 0.3) is 0 Å². The highest BCUT2D eigenvalue weighted by molar-refractivity contribution is 6.30. The first-order valence-corrected chi connectivity index (χ1v) is 10.6. The standard InChI is InChI=1S/C22H25ClFN5O/c1-29-9-3-2-4-15(29)13-26-21-12-17-16(7-8-25-22(17)27-21)20(28-30)11-14-5-6-19(24)18(23)10-14/h5-8,10,15,30H,2-4,9,11-13H2,1H3,(H,25,26,27)/b28-20+. The molecule has 1 unspecified atom stereocenters. The van der Waals surface area contributed by atoms with E-state index < -0.39 is 5.82 Å².